The Morgan fingerprint density at radius 3 is 2.36 bits per heavy atom. The van der Waals surface area contributed by atoms with E-state index in [-0.39, 0.29) is 12.5 Å². The fraction of sp³-hybridized carbons (Fsp3) is 0.350. The van der Waals surface area contributed by atoms with E-state index in [0.717, 1.165) is 24.2 Å². The third-order valence-electron chi connectivity index (χ3n) is 3.59. The van der Waals surface area contributed by atoms with Crippen LogP contribution in [0.1, 0.15) is 25.3 Å². The van der Waals surface area contributed by atoms with E-state index in [0.29, 0.717) is 23.8 Å². The molecule has 0 bridgehead atoms. The Morgan fingerprint density at radius 1 is 1.04 bits per heavy atom. The summed E-state index contributed by atoms with van der Waals surface area (Å²) in [6.45, 7) is 4.71. The predicted molar refractivity (Wildman–Crippen MR) is 98.7 cm³/mol. The summed E-state index contributed by atoms with van der Waals surface area (Å²) < 4.78 is 16.4. The van der Waals surface area contributed by atoms with Crippen molar-refractivity contribution in [3.8, 4) is 17.2 Å². The predicted octanol–water partition coefficient (Wildman–Crippen LogP) is 4.20. The summed E-state index contributed by atoms with van der Waals surface area (Å²) in [5, 5.41) is 2.80. The molecule has 0 fully saturated rings. The fourth-order valence-electron chi connectivity index (χ4n) is 2.22. The number of rotatable bonds is 9. The maximum atomic E-state index is 12.1. The number of hydrogen-bond donors (Lipinski definition) is 1. The number of amides is 1. The summed E-state index contributed by atoms with van der Waals surface area (Å²) in [5.74, 6) is 1.80. The van der Waals surface area contributed by atoms with Gasteiger partial charge in [-0.25, -0.2) is 0 Å². The number of benzene rings is 2. The van der Waals surface area contributed by atoms with Gasteiger partial charge in [-0.3, -0.25) is 4.79 Å². The Labute approximate surface area is 148 Å². The molecule has 2 rings (SSSR count). The van der Waals surface area contributed by atoms with Crippen molar-refractivity contribution in [2.45, 2.75) is 26.7 Å². The van der Waals surface area contributed by atoms with Crippen LogP contribution in [0.25, 0.3) is 0 Å². The second-order valence-electron chi connectivity index (χ2n) is 5.71. The zero-order chi connectivity index (χ0) is 18.1. The van der Waals surface area contributed by atoms with Crippen LogP contribution in [0.15, 0.2) is 42.5 Å². The lowest BCUT2D eigenvalue weighted by Crippen LogP contribution is -2.20. The second-order valence-corrected chi connectivity index (χ2v) is 5.71. The molecule has 0 heterocycles. The van der Waals surface area contributed by atoms with Gasteiger partial charge in [0.1, 0.15) is 17.2 Å². The van der Waals surface area contributed by atoms with Gasteiger partial charge in [-0.2, -0.15) is 0 Å². The minimum atomic E-state index is -0.243. The molecule has 0 unspecified atom stereocenters. The lowest BCUT2D eigenvalue weighted by atomic mass is 10.2. The van der Waals surface area contributed by atoms with Crippen LogP contribution >= 0.6 is 0 Å². The van der Waals surface area contributed by atoms with E-state index in [1.54, 1.807) is 19.2 Å². The van der Waals surface area contributed by atoms with Gasteiger partial charge >= 0.3 is 0 Å². The first kappa shape index (κ1) is 18.6. The van der Waals surface area contributed by atoms with Crippen LogP contribution in [-0.2, 0) is 4.79 Å². The van der Waals surface area contributed by atoms with Crippen molar-refractivity contribution in [2.24, 2.45) is 0 Å². The second kappa shape index (κ2) is 9.57. The number of anilines is 1. The minimum Gasteiger partial charge on any atom is -0.495 e. The van der Waals surface area contributed by atoms with E-state index in [2.05, 4.69) is 12.2 Å². The highest BCUT2D eigenvalue weighted by Crippen LogP contribution is 2.25. The van der Waals surface area contributed by atoms with Crippen molar-refractivity contribution in [1.82, 2.24) is 0 Å². The van der Waals surface area contributed by atoms with Crippen LogP contribution in [0, 0.1) is 6.92 Å². The Kier molecular flexibility index (Phi) is 7.14. The quantitative estimate of drug-likeness (QED) is 0.693. The fourth-order valence-corrected chi connectivity index (χ4v) is 2.22. The number of nitrogens with one attached hydrogen (secondary N) is 1. The van der Waals surface area contributed by atoms with Gasteiger partial charge in [0.15, 0.2) is 6.61 Å². The Morgan fingerprint density at radius 2 is 1.72 bits per heavy atom. The van der Waals surface area contributed by atoms with Gasteiger partial charge in [0.2, 0.25) is 0 Å². The van der Waals surface area contributed by atoms with Crippen LogP contribution in [-0.4, -0.2) is 26.2 Å². The summed E-state index contributed by atoms with van der Waals surface area (Å²) in [5.41, 5.74) is 1.67. The van der Waals surface area contributed by atoms with Crippen LogP contribution in [0.4, 0.5) is 5.69 Å². The van der Waals surface area contributed by atoms with Gasteiger partial charge in [-0.05, 0) is 55.3 Å². The van der Waals surface area contributed by atoms with E-state index in [4.69, 9.17) is 14.2 Å². The lowest BCUT2D eigenvalue weighted by Gasteiger charge is -2.12. The van der Waals surface area contributed by atoms with Crippen molar-refractivity contribution < 1.29 is 19.0 Å². The molecule has 25 heavy (non-hydrogen) atoms. The SMILES string of the molecule is CCCCOc1ccc(OCC(=O)Nc2cc(C)ccc2OC)cc1. The third kappa shape index (κ3) is 6.03. The molecule has 0 aliphatic carbocycles. The average Bonchev–Trinajstić information content (AvgIpc) is 2.61. The molecule has 5 heteroatoms. The van der Waals surface area contributed by atoms with E-state index in [9.17, 15) is 4.79 Å². The van der Waals surface area contributed by atoms with Crippen molar-refractivity contribution >= 4 is 11.6 Å². The van der Waals surface area contributed by atoms with E-state index in [1.807, 2.05) is 37.3 Å². The molecule has 0 saturated carbocycles. The summed E-state index contributed by atoms with van der Waals surface area (Å²) in [6.07, 6.45) is 2.13. The molecular weight excluding hydrogens is 318 g/mol. The zero-order valence-electron chi connectivity index (χ0n) is 15.0. The van der Waals surface area contributed by atoms with Crippen LogP contribution in [0.3, 0.4) is 0 Å². The van der Waals surface area contributed by atoms with Crippen molar-refractivity contribution in [2.75, 3.05) is 25.6 Å². The van der Waals surface area contributed by atoms with Gasteiger partial charge in [0.25, 0.3) is 5.91 Å². The Hall–Kier alpha value is -2.69. The summed E-state index contributed by atoms with van der Waals surface area (Å²) in [6, 6.07) is 12.9. The van der Waals surface area contributed by atoms with E-state index < -0.39 is 0 Å². The summed E-state index contributed by atoms with van der Waals surface area (Å²) in [4.78, 5) is 12.1. The first-order valence-corrected chi connectivity index (χ1v) is 8.42. The molecular formula is C20H25NO4. The number of hydrogen-bond acceptors (Lipinski definition) is 4. The molecule has 134 valence electrons. The average molecular weight is 343 g/mol. The van der Waals surface area contributed by atoms with Crippen LogP contribution in [0.5, 0.6) is 17.2 Å². The summed E-state index contributed by atoms with van der Waals surface area (Å²) >= 11 is 0. The molecule has 0 aliphatic rings. The van der Waals surface area contributed by atoms with E-state index >= 15 is 0 Å². The monoisotopic (exact) mass is 343 g/mol. The maximum absolute atomic E-state index is 12.1. The molecule has 2 aromatic carbocycles. The van der Waals surface area contributed by atoms with Crippen LogP contribution < -0.4 is 19.5 Å². The van der Waals surface area contributed by atoms with Crippen molar-refractivity contribution in [3.63, 3.8) is 0 Å². The lowest BCUT2D eigenvalue weighted by molar-refractivity contribution is -0.118. The highest BCUT2D eigenvalue weighted by molar-refractivity contribution is 5.93. The topological polar surface area (TPSA) is 56.8 Å². The molecule has 0 aliphatic heterocycles. The van der Waals surface area contributed by atoms with Crippen molar-refractivity contribution in [1.29, 1.82) is 0 Å². The minimum absolute atomic E-state index is 0.0763. The number of carbonyl (C=O) groups excluding carboxylic acids is 1. The molecule has 0 atom stereocenters. The number of carbonyl (C=O) groups is 1. The normalized spacial score (nSPS) is 10.2. The highest BCUT2D eigenvalue weighted by Gasteiger charge is 2.09. The van der Waals surface area contributed by atoms with Gasteiger partial charge in [-0.15, -0.1) is 0 Å². The number of methoxy groups -OCH3 is 1. The largest absolute Gasteiger partial charge is 0.495 e. The molecule has 0 aromatic heterocycles. The Balaban J connectivity index is 1.84. The zero-order valence-corrected chi connectivity index (χ0v) is 15.0. The van der Waals surface area contributed by atoms with E-state index in [1.165, 1.54) is 0 Å². The summed E-state index contributed by atoms with van der Waals surface area (Å²) in [7, 11) is 1.57. The first-order chi connectivity index (χ1) is 12.1. The smallest absolute Gasteiger partial charge is 0.262 e. The third-order valence-corrected chi connectivity index (χ3v) is 3.59. The van der Waals surface area contributed by atoms with Crippen molar-refractivity contribution in [3.05, 3.63) is 48.0 Å². The van der Waals surface area contributed by atoms with Gasteiger partial charge in [0.05, 0.1) is 19.4 Å². The number of aryl methyl sites for hydroxylation is 1. The van der Waals surface area contributed by atoms with Crippen LogP contribution in [0.2, 0.25) is 0 Å². The maximum Gasteiger partial charge on any atom is 0.262 e. The van der Waals surface area contributed by atoms with Gasteiger partial charge in [0, 0.05) is 0 Å². The molecule has 1 N–H and O–H groups in total. The molecule has 0 saturated heterocycles. The number of ether oxygens (including phenoxy) is 3. The molecule has 2 aromatic rings. The van der Waals surface area contributed by atoms with Gasteiger partial charge < -0.3 is 19.5 Å². The molecule has 0 radical (unpaired) electrons. The number of unbranched alkanes of at least 4 members (excludes halogenated alkanes) is 1. The molecule has 1 amide bonds. The first-order valence-electron chi connectivity index (χ1n) is 8.42. The Bertz CT molecular complexity index is 683. The molecule has 0 spiro atoms. The standard InChI is InChI=1S/C20H25NO4/c1-4-5-12-24-16-7-9-17(10-8-16)25-14-20(22)21-18-13-15(2)6-11-19(18)23-3/h6-11,13H,4-5,12,14H2,1-3H3,(H,21,22). The molecule has 5 nitrogen and oxygen atoms in total. The highest BCUT2D eigenvalue weighted by atomic mass is 16.5. The van der Waals surface area contributed by atoms with Gasteiger partial charge in [-0.1, -0.05) is 19.4 Å².